The van der Waals surface area contributed by atoms with E-state index in [9.17, 15) is 4.39 Å². The zero-order chi connectivity index (χ0) is 11.6. The Morgan fingerprint density at radius 1 is 1.50 bits per heavy atom. The number of halogens is 1. The molecule has 0 saturated heterocycles. The van der Waals surface area contributed by atoms with E-state index in [1.807, 2.05) is 0 Å². The van der Waals surface area contributed by atoms with E-state index >= 15 is 0 Å². The maximum Gasteiger partial charge on any atom is 0.123 e. The van der Waals surface area contributed by atoms with Gasteiger partial charge in [-0.3, -0.25) is 0 Å². The zero-order valence-electron chi connectivity index (χ0n) is 9.39. The SMILES string of the molecule is CC1(NCc2cc(F)ccc2C#N)CCC1. The average Bonchev–Trinajstić information content (AvgIpc) is 2.24. The standard InChI is InChI=1S/C13H15FN2/c1-13(5-2-6-13)16-9-11-7-12(14)4-3-10(11)8-15/h3-4,7,16H,2,5-6,9H2,1H3. The summed E-state index contributed by atoms with van der Waals surface area (Å²) in [5.74, 6) is -0.283. The Bertz CT molecular complexity index is 430. The van der Waals surface area contributed by atoms with E-state index in [4.69, 9.17) is 5.26 Å². The second-order valence-corrected chi connectivity index (χ2v) is 4.68. The molecule has 1 fully saturated rings. The summed E-state index contributed by atoms with van der Waals surface area (Å²) in [4.78, 5) is 0. The monoisotopic (exact) mass is 218 g/mol. The quantitative estimate of drug-likeness (QED) is 0.846. The Labute approximate surface area is 95.1 Å². The summed E-state index contributed by atoms with van der Waals surface area (Å²) in [6.45, 7) is 2.74. The van der Waals surface area contributed by atoms with Gasteiger partial charge in [-0.05, 0) is 49.9 Å². The Morgan fingerprint density at radius 2 is 2.25 bits per heavy atom. The summed E-state index contributed by atoms with van der Waals surface area (Å²) in [6.07, 6.45) is 3.56. The molecule has 2 rings (SSSR count). The summed E-state index contributed by atoms with van der Waals surface area (Å²) < 4.78 is 13.1. The van der Waals surface area contributed by atoms with Crippen molar-refractivity contribution in [2.24, 2.45) is 0 Å². The van der Waals surface area contributed by atoms with Crippen LogP contribution in [-0.2, 0) is 6.54 Å². The molecule has 2 nitrogen and oxygen atoms in total. The predicted octanol–water partition coefficient (Wildman–Crippen LogP) is 2.73. The van der Waals surface area contributed by atoms with E-state index in [1.54, 1.807) is 0 Å². The van der Waals surface area contributed by atoms with Crippen LogP contribution < -0.4 is 5.32 Å². The summed E-state index contributed by atoms with van der Waals surface area (Å²) in [5.41, 5.74) is 1.48. The van der Waals surface area contributed by atoms with Crippen LogP contribution in [0, 0.1) is 17.1 Å². The average molecular weight is 218 g/mol. The van der Waals surface area contributed by atoms with Crippen molar-refractivity contribution in [1.29, 1.82) is 5.26 Å². The minimum atomic E-state index is -0.283. The minimum absolute atomic E-state index is 0.180. The van der Waals surface area contributed by atoms with Crippen molar-refractivity contribution in [1.82, 2.24) is 5.32 Å². The van der Waals surface area contributed by atoms with Gasteiger partial charge in [-0.1, -0.05) is 0 Å². The van der Waals surface area contributed by atoms with Crippen molar-refractivity contribution in [3.8, 4) is 6.07 Å². The van der Waals surface area contributed by atoms with Gasteiger partial charge in [0.25, 0.3) is 0 Å². The summed E-state index contributed by atoms with van der Waals surface area (Å²) in [5, 5.41) is 12.3. The highest BCUT2D eigenvalue weighted by atomic mass is 19.1. The van der Waals surface area contributed by atoms with Gasteiger partial charge in [0.2, 0.25) is 0 Å². The van der Waals surface area contributed by atoms with Gasteiger partial charge in [-0.25, -0.2) is 4.39 Å². The van der Waals surface area contributed by atoms with Gasteiger partial charge in [-0.2, -0.15) is 5.26 Å². The van der Waals surface area contributed by atoms with Gasteiger partial charge in [0, 0.05) is 12.1 Å². The van der Waals surface area contributed by atoms with Gasteiger partial charge in [0.1, 0.15) is 5.82 Å². The molecule has 1 aliphatic carbocycles. The second-order valence-electron chi connectivity index (χ2n) is 4.68. The maximum absolute atomic E-state index is 13.1. The first-order valence-electron chi connectivity index (χ1n) is 5.56. The fourth-order valence-corrected chi connectivity index (χ4v) is 2.01. The van der Waals surface area contributed by atoms with Crippen LogP contribution >= 0.6 is 0 Å². The van der Waals surface area contributed by atoms with E-state index in [0.717, 1.165) is 18.4 Å². The third kappa shape index (κ3) is 2.23. The van der Waals surface area contributed by atoms with Crippen LogP contribution in [0.25, 0.3) is 0 Å². The van der Waals surface area contributed by atoms with Crippen LogP contribution in [0.4, 0.5) is 4.39 Å². The van der Waals surface area contributed by atoms with Crippen molar-refractivity contribution in [3.05, 3.63) is 35.1 Å². The highest BCUT2D eigenvalue weighted by molar-refractivity contribution is 5.37. The van der Waals surface area contributed by atoms with Gasteiger partial charge in [0.15, 0.2) is 0 Å². The molecule has 16 heavy (non-hydrogen) atoms. The van der Waals surface area contributed by atoms with E-state index in [2.05, 4.69) is 18.3 Å². The third-order valence-electron chi connectivity index (χ3n) is 3.35. The van der Waals surface area contributed by atoms with E-state index in [-0.39, 0.29) is 11.4 Å². The fraction of sp³-hybridized carbons (Fsp3) is 0.462. The molecule has 1 aromatic rings. The van der Waals surface area contributed by atoms with Gasteiger partial charge < -0.3 is 5.32 Å². The molecule has 0 heterocycles. The Kier molecular flexibility index (Phi) is 2.93. The molecule has 0 radical (unpaired) electrons. The number of benzene rings is 1. The van der Waals surface area contributed by atoms with Crippen molar-refractivity contribution in [2.75, 3.05) is 0 Å². The molecule has 0 spiro atoms. The minimum Gasteiger partial charge on any atom is -0.307 e. The molecule has 1 aromatic carbocycles. The van der Waals surface area contributed by atoms with Gasteiger partial charge in [0.05, 0.1) is 11.6 Å². The van der Waals surface area contributed by atoms with Gasteiger partial charge in [-0.15, -0.1) is 0 Å². The van der Waals surface area contributed by atoms with Crippen LogP contribution in [0.2, 0.25) is 0 Å². The Morgan fingerprint density at radius 3 is 2.81 bits per heavy atom. The van der Waals surface area contributed by atoms with Crippen molar-refractivity contribution in [3.63, 3.8) is 0 Å². The molecule has 0 bridgehead atoms. The third-order valence-corrected chi connectivity index (χ3v) is 3.35. The number of hydrogen-bond donors (Lipinski definition) is 1. The Balaban J connectivity index is 2.08. The van der Waals surface area contributed by atoms with Gasteiger partial charge >= 0.3 is 0 Å². The zero-order valence-corrected chi connectivity index (χ0v) is 9.39. The van der Waals surface area contributed by atoms with Crippen LogP contribution in [0.15, 0.2) is 18.2 Å². The fourth-order valence-electron chi connectivity index (χ4n) is 2.01. The van der Waals surface area contributed by atoms with Crippen LogP contribution in [-0.4, -0.2) is 5.54 Å². The van der Waals surface area contributed by atoms with E-state index in [0.29, 0.717) is 12.1 Å². The largest absolute Gasteiger partial charge is 0.307 e. The lowest BCUT2D eigenvalue weighted by Gasteiger charge is -2.39. The molecule has 1 N–H and O–H groups in total. The highest BCUT2D eigenvalue weighted by Gasteiger charge is 2.30. The first-order valence-corrected chi connectivity index (χ1v) is 5.56. The lowest BCUT2D eigenvalue weighted by atomic mass is 9.78. The smallest absolute Gasteiger partial charge is 0.123 e. The molecule has 0 amide bonds. The molecular weight excluding hydrogens is 203 g/mol. The number of rotatable bonds is 3. The maximum atomic E-state index is 13.1. The molecule has 0 aliphatic heterocycles. The van der Waals surface area contributed by atoms with E-state index < -0.39 is 0 Å². The van der Waals surface area contributed by atoms with Crippen LogP contribution in [0.5, 0.6) is 0 Å². The predicted molar refractivity (Wildman–Crippen MR) is 60.2 cm³/mol. The first-order chi connectivity index (χ1) is 7.63. The summed E-state index contributed by atoms with van der Waals surface area (Å²) in [7, 11) is 0. The van der Waals surface area contributed by atoms with Crippen LogP contribution in [0.1, 0.15) is 37.3 Å². The number of nitrogens with zero attached hydrogens (tertiary/aromatic N) is 1. The van der Waals surface area contributed by atoms with E-state index in [1.165, 1.54) is 24.6 Å². The van der Waals surface area contributed by atoms with Crippen molar-refractivity contribution < 1.29 is 4.39 Å². The van der Waals surface area contributed by atoms with Crippen LogP contribution in [0.3, 0.4) is 0 Å². The highest BCUT2D eigenvalue weighted by Crippen LogP contribution is 2.31. The molecular formula is C13H15FN2. The lowest BCUT2D eigenvalue weighted by molar-refractivity contribution is 0.206. The molecule has 0 atom stereocenters. The molecule has 1 saturated carbocycles. The number of hydrogen-bond acceptors (Lipinski definition) is 2. The lowest BCUT2D eigenvalue weighted by Crippen LogP contribution is -2.47. The normalized spacial score (nSPS) is 17.6. The molecule has 1 aliphatic rings. The van der Waals surface area contributed by atoms with Crippen molar-refractivity contribution in [2.45, 2.75) is 38.3 Å². The molecule has 0 aromatic heterocycles. The summed E-state index contributed by atoms with van der Waals surface area (Å²) >= 11 is 0. The van der Waals surface area contributed by atoms with Crippen molar-refractivity contribution >= 4 is 0 Å². The first kappa shape index (κ1) is 11.1. The molecule has 84 valence electrons. The number of nitriles is 1. The molecule has 0 unspecified atom stereocenters. The Hall–Kier alpha value is -1.40. The topological polar surface area (TPSA) is 35.8 Å². The summed E-state index contributed by atoms with van der Waals surface area (Å²) in [6, 6.07) is 6.39. The second kappa shape index (κ2) is 4.23. The number of nitrogens with one attached hydrogen (secondary N) is 1. The molecule has 3 heteroatoms.